The number of hydrogen-bond acceptors (Lipinski definition) is 2. The Balaban J connectivity index is 2.02. The fourth-order valence-corrected chi connectivity index (χ4v) is 3.41. The van der Waals surface area contributed by atoms with Crippen molar-refractivity contribution in [2.24, 2.45) is 0 Å². The molecule has 0 saturated carbocycles. The van der Waals surface area contributed by atoms with E-state index in [1.54, 1.807) is 4.90 Å². The largest absolute Gasteiger partial charge is 0.336 e. The van der Waals surface area contributed by atoms with E-state index in [2.05, 4.69) is 0 Å². The van der Waals surface area contributed by atoms with Gasteiger partial charge in [-0.05, 0) is 38.7 Å². The summed E-state index contributed by atoms with van der Waals surface area (Å²) in [7, 11) is 0. The zero-order valence-electron chi connectivity index (χ0n) is 13.9. The number of hydrogen-bond donors (Lipinski definition) is 0. The maximum absolute atomic E-state index is 12.9. The molecule has 0 unspecified atom stereocenters. The lowest BCUT2D eigenvalue weighted by atomic mass is 9.97. The number of benzene rings is 1. The van der Waals surface area contributed by atoms with Crippen molar-refractivity contribution in [2.45, 2.75) is 58.2 Å². The summed E-state index contributed by atoms with van der Waals surface area (Å²) < 4.78 is 25.7. The van der Waals surface area contributed by atoms with Gasteiger partial charge in [-0.2, -0.15) is 0 Å². The molecular weight excluding hydrogens is 298 g/mol. The first-order chi connectivity index (χ1) is 11.0. The Morgan fingerprint density at radius 3 is 2.39 bits per heavy atom. The Hall–Kier alpha value is -1.49. The predicted octanol–water partition coefficient (Wildman–Crippen LogP) is 3.54. The first kappa shape index (κ1) is 17.9. The van der Waals surface area contributed by atoms with Gasteiger partial charge in [0, 0.05) is 18.6 Å². The molecule has 1 aromatic carbocycles. The smallest absolute Gasteiger partial charge is 0.251 e. The molecule has 1 aliphatic heterocycles. The van der Waals surface area contributed by atoms with E-state index in [1.165, 1.54) is 0 Å². The molecule has 2 rings (SSSR count). The quantitative estimate of drug-likeness (QED) is 0.799. The molecule has 0 aliphatic carbocycles. The van der Waals surface area contributed by atoms with Gasteiger partial charge in [0.2, 0.25) is 5.91 Å². The van der Waals surface area contributed by atoms with Crippen molar-refractivity contribution in [1.29, 1.82) is 0 Å². The average molecular weight is 324 g/mol. The van der Waals surface area contributed by atoms with Crippen LogP contribution >= 0.6 is 0 Å². The molecule has 1 aromatic rings. The second-order valence-corrected chi connectivity index (χ2v) is 6.48. The summed E-state index contributed by atoms with van der Waals surface area (Å²) in [4.78, 5) is 16.1. The number of halogens is 2. The molecule has 1 heterocycles. The Morgan fingerprint density at radius 2 is 1.83 bits per heavy atom. The molecule has 1 saturated heterocycles. The van der Waals surface area contributed by atoms with Gasteiger partial charge in [0.05, 0.1) is 13.1 Å². The zero-order valence-corrected chi connectivity index (χ0v) is 13.9. The Bertz CT molecular complexity index is 485. The molecule has 0 bridgehead atoms. The van der Waals surface area contributed by atoms with E-state index >= 15 is 0 Å². The van der Waals surface area contributed by atoms with Crippen LogP contribution < -0.4 is 0 Å². The van der Waals surface area contributed by atoms with Crippen molar-refractivity contribution in [1.82, 2.24) is 9.80 Å². The van der Waals surface area contributed by atoms with Gasteiger partial charge in [-0.1, -0.05) is 30.3 Å². The molecule has 1 aliphatic rings. The highest BCUT2D eigenvalue weighted by Gasteiger charge is 2.30. The van der Waals surface area contributed by atoms with Crippen LogP contribution in [0.15, 0.2) is 30.3 Å². The van der Waals surface area contributed by atoms with E-state index in [9.17, 15) is 13.6 Å². The lowest BCUT2D eigenvalue weighted by Gasteiger charge is -2.40. The third kappa shape index (κ3) is 5.27. The second-order valence-electron chi connectivity index (χ2n) is 6.48. The second kappa shape index (κ2) is 8.39. The molecule has 3 nitrogen and oxygen atoms in total. The number of amides is 1. The number of alkyl halides is 2. The number of carbonyl (C=O) groups is 1. The van der Waals surface area contributed by atoms with E-state index in [0.717, 1.165) is 24.8 Å². The molecule has 5 heteroatoms. The third-order valence-electron chi connectivity index (χ3n) is 4.49. The molecule has 0 spiro atoms. The minimum Gasteiger partial charge on any atom is -0.336 e. The summed E-state index contributed by atoms with van der Waals surface area (Å²) in [5, 5.41) is 0. The fraction of sp³-hybridized carbons (Fsp3) is 0.611. The summed E-state index contributed by atoms with van der Waals surface area (Å²) in [5.41, 5.74) is 0.945. The fourth-order valence-electron chi connectivity index (χ4n) is 3.41. The van der Waals surface area contributed by atoms with Crippen molar-refractivity contribution in [3.05, 3.63) is 35.9 Å². The van der Waals surface area contributed by atoms with Gasteiger partial charge in [0.1, 0.15) is 0 Å². The highest BCUT2D eigenvalue weighted by Crippen LogP contribution is 2.23. The number of likely N-dealkylation sites (tertiary alicyclic amines) is 1. The first-order valence-electron chi connectivity index (χ1n) is 8.33. The highest BCUT2D eigenvalue weighted by molar-refractivity contribution is 5.79. The number of piperidine rings is 1. The molecule has 0 aromatic heterocycles. The minimum atomic E-state index is -2.44. The van der Waals surface area contributed by atoms with Crippen LogP contribution in [0.3, 0.4) is 0 Å². The van der Waals surface area contributed by atoms with Crippen LogP contribution in [0.2, 0.25) is 0 Å². The normalized spacial score (nSPS) is 21.9. The van der Waals surface area contributed by atoms with Gasteiger partial charge in [0.25, 0.3) is 6.43 Å². The number of nitrogens with zero attached hydrogens (tertiary/aromatic N) is 2. The van der Waals surface area contributed by atoms with Crippen molar-refractivity contribution in [3.63, 3.8) is 0 Å². The summed E-state index contributed by atoms with van der Waals surface area (Å²) >= 11 is 0. The summed E-state index contributed by atoms with van der Waals surface area (Å²) in [6.45, 7) is 4.13. The Labute approximate surface area is 137 Å². The maximum Gasteiger partial charge on any atom is 0.251 e. The molecule has 128 valence electrons. The van der Waals surface area contributed by atoms with E-state index in [0.29, 0.717) is 6.54 Å². The van der Waals surface area contributed by atoms with Gasteiger partial charge in [-0.3, -0.25) is 9.69 Å². The molecule has 1 amide bonds. The molecule has 1 fully saturated rings. The van der Waals surface area contributed by atoms with E-state index in [-0.39, 0.29) is 31.1 Å². The zero-order chi connectivity index (χ0) is 16.8. The van der Waals surface area contributed by atoms with Gasteiger partial charge in [0.15, 0.2) is 0 Å². The van der Waals surface area contributed by atoms with Crippen LogP contribution in [-0.2, 0) is 11.3 Å². The maximum atomic E-state index is 12.9. The van der Waals surface area contributed by atoms with E-state index in [1.807, 2.05) is 49.1 Å². The van der Waals surface area contributed by atoms with Crippen LogP contribution in [0.1, 0.15) is 38.7 Å². The van der Waals surface area contributed by atoms with Crippen molar-refractivity contribution < 1.29 is 13.6 Å². The SMILES string of the molecule is C[C@@H]1CCC[C@@H](C)N1C(=O)CN(Cc1ccccc1)CC(F)F. The van der Waals surface area contributed by atoms with Crippen molar-refractivity contribution >= 4 is 5.91 Å². The van der Waals surface area contributed by atoms with Gasteiger partial charge in [-0.25, -0.2) is 8.78 Å². The monoisotopic (exact) mass is 324 g/mol. The van der Waals surface area contributed by atoms with E-state index in [4.69, 9.17) is 0 Å². The van der Waals surface area contributed by atoms with Crippen molar-refractivity contribution in [2.75, 3.05) is 13.1 Å². The van der Waals surface area contributed by atoms with Crippen LogP contribution in [0.4, 0.5) is 8.78 Å². The van der Waals surface area contributed by atoms with Crippen molar-refractivity contribution in [3.8, 4) is 0 Å². The third-order valence-corrected chi connectivity index (χ3v) is 4.49. The standard InChI is InChI=1S/C18H26F2N2O/c1-14-7-6-8-15(2)22(14)18(23)13-21(12-17(19)20)11-16-9-4-3-5-10-16/h3-5,9-10,14-15,17H,6-8,11-13H2,1-2H3/t14-,15-/m1/s1. The molecule has 0 N–H and O–H groups in total. The summed E-state index contributed by atoms with van der Waals surface area (Å²) in [5.74, 6) is -0.0405. The average Bonchev–Trinajstić information content (AvgIpc) is 2.47. The molecule has 2 atom stereocenters. The van der Waals surface area contributed by atoms with Crippen LogP contribution in [0.5, 0.6) is 0 Å². The Morgan fingerprint density at radius 1 is 1.22 bits per heavy atom. The minimum absolute atomic E-state index is 0.0405. The summed E-state index contributed by atoms with van der Waals surface area (Å²) in [6.07, 6.45) is 0.659. The Kier molecular flexibility index (Phi) is 6.51. The topological polar surface area (TPSA) is 23.6 Å². The van der Waals surface area contributed by atoms with Crippen LogP contribution in [0.25, 0.3) is 0 Å². The predicted molar refractivity (Wildman–Crippen MR) is 87.3 cm³/mol. The molecular formula is C18H26F2N2O. The number of carbonyl (C=O) groups excluding carboxylic acids is 1. The lowest BCUT2D eigenvalue weighted by Crippen LogP contribution is -2.51. The highest BCUT2D eigenvalue weighted by atomic mass is 19.3. The van der Waals surface area contributed by atoms with Gasteiger partial charge >= 0.3 is 0 Å². The van der Waals surface area contributed by atoms with E-state index < -0.39 is 6.43 Å². The molecule has 0 radical (unpaired) electrons. The van der Waals surface area contributed by atoms with Crippen LogP contribution in [0, 0.1) is 0 Å². The van der Waals surface area contributed by atoms with Gasteiger partial charge in [-0.15, -0.1) is 0 Å². The summed E-state index contributed by atoms with van der Waals surface area (Å²) in [6, 6.07) is 9.83. The molecule has 23 heavy (non-hydrogen) atoms. The van der Waals surface area contributed by atoms with Crippen LogP contribution in [-0.4, -0.2) is 47.3 Å². The lowest BCUT2D eigenvalue weighted by molar-refractivity contribution is -0.139. The first-order valence-corrected chi connectivity index (χ1v) is 8.33. The number of rotatable bonds is 6. The van der Waals surface area contributed by atoms with Gasteiger partial charge < -0.3 is 4.90 Å².